The van der Waals surface area contributed by atoms with Crippen molar-refractivity contribution in [2.24, 2.45) is 0 Å². The van der Waals surface area contributed by atoms with E-state index in [0.717, 1.165) is 4.47 Å². The van der Waals surface area contributed by atoms with Crippen LogP contribution in [0, 0.1) is 0 Å². The Balaban J connectivity index is 2.25. The Hall–Kier alpha value is -1.72. The normalized spacial score (nSPS) is 21.6. The van der Waals surface area contributed by atoms with Crippen LogP contribution < -0.4 is 5.32 Å². The number of carbonyl (C=O) groups excluding carboxylic acids is 1. The third-order valence-corrected chi connectivity index (χ3v) is 3.48. The first-order valence-electron chi connectivity index (χ1n) is 5.38. The summed E-state index contributed by atoms with van der Waals surface area (Å²) < 4.78 is 0.798. The van der Waals surface area contributed by atoms with Crippen LogP contribution in [0.1, 0.15) is 11.3 Å². The van der Waals surface area contributed by atoms with Gasteiger partial charge in [-0.05, 0) is 30.3 Å². The van der Waals surface area contributed by atoms with Gasteiger partial charge in [0.1, 0.15) is 0 Å². The van der Waals surface area contributed by atoms with Crippen molar-refractivity contribution in [2.75, 3.05) is 5.32 Å². The molecule has 1 unspecified atom stereocenters. The number of pyridine rings is 1. The highest BCUT2D eigenvalue weighted by Crippen LogP contribution is 2.41. The molecule has 4 nitrogen and oxygen atoms in total. The van der Waals surface area contributed by atoms with Crippen molar-refractivity contribution in [3.8, 4) is 0 Å². The van der Waals surface area contributed by atoms with Gasteiger partial charge in [-0.2, -0.15) is 0 Å². The summed E-state index contributed by atoms with van der Waals surface area (Å²) in [5.74, 6) is -0.477. The first kappa shape index (κ1) is 11.4. The molecule has 2 aromatic rings. The molecule has 2 heterocycles. The van der Waals surface area contributed by atoms with Crippen molar-refractivity contribution in [3.63, 3.8) is 0 Å². The minimum Gasteiger partial charge on any atom is -0.370 e. The SMILES string of the molecule is O=C1Nc2ccc(Br)cc2C1(O)c1ccccn1. The molecule has 0 spiro atoms. The topological polar surface area (TPSA) is 62.2 Å². The predicted octanol–water partition coefficient (Wildman–Crippen LogP) is 2.03. The second-order valence-corrected chi connectivity index (χ2v) is 4.99. The summed E-state index contributed by atoms with van der Waals surface area (Å²) in [5.41, 5.74) is -0.281. The number of benzene rings is 1. The lowest BCUT2D eigenvalue weighted by atomic mass is 9.91. The average Bonchev–Trinajstić information content (AvgIpc) is 2.64. The Morgan fingerprint density at radius 1 is 1.28 bits per heavy atom. The Labute approximate surface area is 112 Å². The highest BCUT2D eigenvalue weighted by Gasteiger charge is 2.47. The standard InChI is InChI=1S/C13H9BrN2O2/c14-8-4-5-10-9(7-8)13(18,12(17)16-10)11-3-1-2-6-15-11/h1-7,18H,(H,16,17). The molecule has 1 atom stereocenters. The van der Waals surface area contributed by atoms with Crippen LogP contribution in [0.2, 0.25) is 0 Å². The number of carbonyl (C=O) groups is 1. The molecule has 0 radical (unpaired) electrons. The minimum atomic E-state index is -1.72. The van der Waals surface area contributed by atoms with Crippen molar-refractivity contribution in [1.82, 2.24) is 4.98 Å². The molecule has 1 aliphatic heterocycles. The van der Waals surface area contributed by atoms with Gasteiger partial charge in [0.05, 0.1) is 5.69 Å². The zero-order chi connectivity index (χ0) is 12.8. The Morgan fingerprint density at radius 2 is 2.11 bits per heavy atom. The number of anilines is 1. The maximum absolute atomic E-state index is 12.0. The predicted molar refractivity (Wildman–Crippen MR) is 70.0 cm³/mol. The summed E-state index contributed by atoms with van der Waals surface area (Å²) in [4.78, 5) is 16.1. The smallest absolute Gasteiger partial charge is 0.267 e. The molecule has 0 bridgehead atoms. The third kappa shape index (κ3) is 1.48. The van der Waals surface area contributed by atoms with Crippen LogP contribution in [0.25, 0.3) is 0 Å². The lowest BCUT2D eigenvalue weighted by molar-refractivity contribution is -0.130. The molecule has 0 saturated heterocycles. The number of nitrogens with zero attached hydrogens (tertiary/aromatic N) is 1. The van der Waals surface area contributed by atoms with E-state index in [0.29, 0.717) is 16.9 Å². The lowest BCUT2D eigenvalue weighted by Crippen LogP contribution is -2.36. The molecular weight excluding hydrogens is 296 g/mol. The van der Waals surface area contributed by atoms with Crippen molar-refractivity contribution < 1.29 is 9.90 Å². The van der Waals surface area contributed by atoms with Crippen molar-refractivity contribution in [2.45, 2.75) is 5.60 Å². The van der Waals surface area contributed by atoms with Crippen molar-refractivity contribution in [1.29, 1.82) is 0 Å². The first-order valence-corrected chi connectivity index (χ1v) is 6.17. The first-order chi connectivity index (χ1) is 8.62. The minimum absolute atomic E-state index is 0.319. The molecule has 1 aromatic carbocycles. The van der Waals surface area contributed by atoms with Gasteiger partial charge in [-0.15, -0.1) is 0 Å². The fourth-order valence-electron chi connectivity index (χ4n) is 2.09. The van der Waals surface area contributed by atoms with E-state index in [1.165, 1.54) is 0 Å². The molecule has 3 rings (SSSR count). The quantitative estimate of drug-likeness (QED) is 0.847. The molecule has 1 aliphatic rings. The van der Waals surface area contributed by atoms with Crippen molar-refractivity contribution >= 4 is 27.5 Å². The van der Waals surface area contributed by atoms with Crippen LogP contribution in [0.3, 0.4) is 0 Å². The number of hydrogen-bond donors (Lipinski definition) is 2. The highest BCUT2D eigenvalue weighted by molar-refractivity contribution is 9.10. The monoisotopic (exact) mass is 304 g/mol. The van der Waals surface area contributed by atoms with E-state index in [4.69, 9.17) is 0 Å². The van der Waals surface area contributed by atoms with E-state index in [1.54, 1.807) is 36.5 Å². The van der Waals surface area contributed by atoms with E-state index in [2.05, 4.69) is 26.2 Å². The summed E-state index contributed by atoms with van der Waals surface area (Å²) in [6.45, 7) is 0. The van der Waals surface area contributed by atoms with Gasteiger partial charge in [0.25, 0.3) is 5.91 Å². The number of hydrogen-bond acceptors (Lipinski definition) is 3. The number of fused-ring (bicyclic) bond motifs is 1. The van der Waals surface area contributed by atoms with Gasteiger partial charge in [-0.25, -0.2) is 0 Å². The molecule has 0 saturated carbocycles. The molecule has 0 aliphatic carbocycles. The molecule has 1 aromatic heterocycles. The molecule has 0 fully saturated rings. The van der Waals surface area contributed by atoms with Crippen LogP contribution in [0.15, 0.2) is 47.1 Å². The highest BCUT2D eigenvalue weighted by atomic mass is 79.9. The van der Waals surface area contributed by atoms with Gasteiger partial charge in [-0.3, -0.25) is 9.78 Å². The zero-order valence-corrected chi connectivity index (χ0v) is 10.8. The number of amides is 1. The van der Waals surface area contributed by atoms with E-state index in [-0.39, 0.29) is 0 Å². The van der Waals surface area contributed by atoms with E-state index < -0.39 is 11.5 Å². The summed E-state index contributed by atoms with van der Waals surface area (Å²) >= 11 is 3.34. The number of nitrogens with one attached hydrogen (secondary N) is 1. The maximum Gasteiger partial charge on any atom is 0.267 e. The third-order valence-electron chi connectivity index (χ3n) is 2.98. The summed E-state index contributed by atoms with van der Waals surface area (Å²) in [7, 11) is 0. The number of halogens is 1. The lowest BCUT2D eigenvalue weighted by Gasteiger charge is -2.20. The van der Waals surface area contributed by atoms with Gasteiger partial charge in [-0.1, -0.05) is 22.0 Å². The van der Waals surface area contributed by atoms with Crippen LogP contribution in [-0.2, 0) is 10.4 Å². The van der Waals surface area contributed by atoms with Gasteiger partial charge >= 0.3 is 0 Å². The second kappa shape index (κ2) is 3.90. The van der Waals surface area contributed by atoms with E-state index in [9.17, 15) is 9.90 Å². The summed E-state index contributed by atoms with van der Waals surface area (Å²) in [5, 5.41) is 13.4. The van der Waals surface area contributed by atoms with Crippen LogP contribution in [0.5, 0.6) is 0 Å². The molecule has 90 valence electrons. The fraction of sp³-hybridized carbons (Fsp3) is 0.0769. The molecule has 1 amide bonds. The maximum atomic E-state index is 12.0. The Bertz CT molecular complexity index is 630. The Kier molecular flexibility index (Phi) is 2.46. The zero-order valence-electron chi connectivity index (χ0n) is 9.22. The summed E-state index contributed by atoms with van der Waals surface area (Å²) in [6, 6.07) is 10.4. The average molecular weight is 305 g/mol. The largest absolute Gasteiger partial charge is 0.370 e. The molecular formula is C13H9BrN2O2. The van der Waals surface area contributed by atoms with Crippen LogP contribution in [0.4, 0.5) is 5.69 Å². The number of rotatable bonds is 1. The fourth-order valence-corrected chi connectivity index (χ4v) is 2.45. The van der Waals surface area contributed by atoms with Crippen LogP contribution >= 0.6 is 15.9 Å². The molecule has 18 heavy (non-hydrogen) atoms. The van der Waals surface area contributed by atoms with Gasteiger partial charge in [0, 0.05) is 21.9 Å². The molecule has 2 N–H and O–H groups in total. The van der Waals surface area contributed by atoms with Gasteiger partial charge in [0.2, 0.25) is 5.60 Å². The van der Waals surface area contributed by atoms with Crippen molar-refractivity contribution in [3.05, 3.63) is 58.3 Å². The number of aliphatic hydroxyl groups is 1. The van der Waals surface area contributed by atoms with E-state index in [1.807, 2.05) is 6.07 Å². The van der Waals surface area contributed by atoms with E-state index >= 15 is 0 Å². The Morgan fingerprint density at radius 3 is 2.83 bits per heavy atom. The van der Waals surface area contributed by atoms with Crippen LogP contribution in [-0.4, -0.2) is 16.0 Å². The number of aromatic nitrogens is 1. The second-order valence-electron chi connectivity index (χ2n) is 4.07. The molecule has 5 heteroatoms. The summed E-state index contributed by atoms with van der Waals surface area (Å²) in [6.07, 6.45) is 1.55. The van der Waals surface area contributed by atoms with Gasteiger partial charge < -0.3 is 10.4 Å². The van der Waals surface area contributed by atoms with Gasteiger partial charge in [0.15, 0.2) is 0 Å².